The van der Waals surface area contributed by atoms with E-state index in [1.807, 2.05) is 76.9 Å². The van der Waals surface area contributed by atoms with Crippen molar-refractivity contribution in [2.24, 2.45) is 0 Å². The van der Waals surface area contributed by atoms with E-state index in [4.69, 9.17) is 10.5 Å². The van der Waals surface area contributed by atoms with Gasteiger partial charge >= 0.3 is 0 Å². The second-order valence-electron chi connectivity index (χ2n) is 7.86. The minimum atomic E-state index is -0.205. The van der Waals surface area contributed by atoms with E-state index in [2.05, 4.69) is 15.6 Å². The van der Waals surface area contributed by atoms with Gasteiger partial charge in [-0.2, -0.15) is 0 Å². The molecule has 176 valence electrons. The van der Waals surface area contributed by atoms with Gasteiger partial charge in [0.1, 0.15) is 11.4 Å². The monoisotopic (exact) mass is 501 g/mol. The number of rotatable bonds is 8. The van der Waals surface area contributed by atoms with Crippen LogP contribution in [0.4, 0.5) is 11.4 Å². The molecule has 5 aromatic rings. The smallest absolute Gasteiger partial charge is 0.265 e. The number of carbonyl (C=O) groups is 1. The first kappa shape index (κ1) is 22.8. The number of hydrogen-bond acceptors (Lipinski definition) is 7. The number of aromatic nitrogens is 3. The number of carbonyl (C=O) groups excluding carboxylic acids is 1. The van der Waals surface area contributed by atoms with Gasteiger partial charge in [0.15, 0.2) is 0 Å². The molecule has 0 aliphatic rings. The highest BCUT2D eigenvalue weighted by Gasteiger charge is 2.14. The Morgan fingerprint density at radius 3 is 2.71 bits per heavy atom. The molecule has 1 amide bonds. The number of nitrogens with two attached hydrogens (primary N) is 1. The molecule has 0 aliphatic carbocycles. The Morgan fingerprint density at radius 2 is 1.94 bits per heavy atom. The Bertz CT molecular complexity index is 1440. The van der Waals surface area contributed by atoms with E-state index < -0.39 is 0 Å². The molecule has 0 saturated carbocycles. The van der Waals surface area contributed by atoms with E-state index in [0.29, 0.717) is 22.8 Å². The van der Waals surface area contributed by atoms with Crippen LogP contribution in [0.5, 0.6) is 5.75 Å². The van der Waals surface area contributed by atoms with Crippen LogP contribution < -0.4 is 15.8 Å². The SMILES string of the molecule is COc1ccc(CCn2cc(-c3ccc(C(=O)Nc4cc(-c5cccs5)ccc4N)s3)nn2)cc1. The molecule has 0 bridgehead atoms. The van der Waals surface area contributed by atoms with E-state index in [0.717, 1.165) is 33.2 Å². The van der Waals surface area contributed by atoms with Gasteiger partial charge < -0.3 is 15.8 Å². The van der Waals surface area contributed by atoms with Crippen molar-refractivity contribution < 1.29 is 9.53 Å². The number of benzene rings is 2. The van der Waals surface area contributed by atoms with Crippen LogP contribution in [-0.2, 0) is 13.0 Å². The van der Waals surface area contributed by atoms with Crippen molar-refractivity contribution in [2.75, 3.05) is 18.2 Å². The quantitative estimate of drug-likeness (QED) is 0.261. The normalized spacial score (nSPS) is 10.9. The largest absolute Gasteiger partial charge is 0.497 e. The number of ether oxygens (including phenoxy) is 1. The van der Waals surface area contributed by atoms with Gasteiger partial charge in [-0.1, -0.05) is 29.5 Å². The third-order valence-electron chi connectivity index (χ3n) is 5.52. The zero-order valence-electron chi connectivity index (χ0n) is 19.0. The molecule has 0 radical (unpaired) electrons. The Hall–Kier alpha value is -3.95. The average Bonchev–Trinajstić information content (AvgIpc) is 3.66. The zero-order valence-corrected chi connectivity index (χ0v) is 20.6. The summed E-state index contributed by atoms with van der Waals surface area (Å²) in [6, 6.07) is 21.4. The molecule has 0 unspecified atom stereocenters. The van der Waals surface area contributed by atoms with E-state index in [-0.39, 0.29) is 5.91 Å². The second kappa shape index (κ2) is 10.1. The Morgan fingerprint density at radius 1 is 1.09 bits per heavy atom. The maximum Gasteiger partial charge on any atom is 0.265 e. The van der Waals surface area contributed by atoms with Gasteiger partial charge in [-0.15, -0.1) is 27.8 Å². The molecule has 0 saturated heterocycles. The van der Waals surface area contributed by atoms with Gasteiger partial charge in [-0.25, -0.2) is 0 Å². The van der Waals surface area contributed by atoms with Crippen molar-refractivity contribution in [1.29, 1.82) is 0 Å². The molecule has 3 aromatic heterocycles. The van der Waals surface area contributed by atoms with Crippen molar-refractivity contribution in [2.45, 2.75) is 13.0 Å². The molecule has 9 heteroatoms. The van der Waals surface area contributed by atoms with Gasteiger partial charge in [0.2, 0.25) is 0 Å². The van der Waals surface area contributed by atoms with Crippen LogP contribution in [0.25, 0.3) is 21.0 Å². The molecule has 5 rings (SSSR count). The molecule has 0 aliphatic heterocycles. The zero-order chi connectivity index (χ0) is 24.2. The van der Waals surface area contributed by atoms with E-state index in [9.17, 15) is 4.79 Å². The number of aryl methyl sites for hydroxylation is 2. The lowest BCUT2D eigenvalue weighted by Gasteiger charge is -2.09. The van der Waals surface area contributed by atoms with Crippen molar-refractivity contribution in [3.8, 4) is 26.8 Å². The second-order valence-corrected chi connectivity index (χ2v) is 9.89. The standard InChI is InChI=1S/C26H23N5O2S2/c1-33-19-7-4-17(5-8-19)12-13-31-16-22(29-30-31)24-10-11-25(35-24)26(32)28-21-15-18(6-9-20(21)27)23-3-2-14-34-23/h2-11,14-16H,12-13,27H2,1H3,(H,28,32). The number of hydrogen-bond donors (Lipinski definition) is 2. The minimum Gasteiger partial charge on any atom is -0.497 e. The van der Waals surface area contributed by atoms with Crippen molar-refractivity contribution in [3.05, 3.63) is 88.7 Å². The van der Waals surface area contributed by atoms with E-state index >= 15 is 0 Å². The van der Waals surface area contributed by atoms with Gasteiger partial charge in [0, 0.05) is 11.4 Å². The molecule has 35 heavy (non-hydrogen) atoms. The lowest BCUT2D eigenvalue weighted by molar-refractivity contribution is 0.103. The number of methoxy groups -OCH3 is 1. The predicted octanol–water partition coefficient (Wildman–Crippen LogP) is 5.82. The first-order valence-corrected chi connectivity index (χ1v) is 12.7. The topological polar surface area (TPSA) is 95.1 Å². The van der Waals surface area contributed by atoms with Crippen molar-refractivity contribution in [1.82, 2.24) is 15.0 Å². The molecule has 0 atom stereocenters. The average molecular weight is 502 g/mol. The first-order valence-electron chi connectivity index (χ1n) is 11.0. The Kier molecular flexibility index (Phi) is 6.60. The molecular formula is C26H23N5O2S2. The van der Waals surface area contributed by atoms with Gasteiger partial charge in [0.05, 0.1) is 34.4 Å². The van der Waals surface area contributed by atoms with Crippen LogP contribution in [0.15, 0.2) is 78.3 Å². The fourth-order valence-corrected chi connectivity index (χ4v) is 5.17. The van der Waals surface area contributed by atoms with Gasteiger partial charge in [-0.05, 0) is 65.4 Å². The third-order valence-corrected chi connectivity index (χ3v) is 7.54. The number of anilines is 2. The maximum absolute atomic E-state index is 12.9. The minimum absolute atomic E-state index is 0.205. The number of nitrogen functional groups attached to an aromatic ring is 1. The molecular weight excluding hydrogens is 478 g/mol. The summed E-state index contributed by atoms with van der Waals surface area (Å²) in [6.07, 6.45) is 2.73. The van der Waals surface area contributed by atoms with Crippen molar-refractivity contribution >= 4 is 40.0 Å². The summed E-state index contributed by atoms with van der Waals surface area (Å²) < 4.78 is 7.02. The van der Waals surface area contributed by atoms with Crippen LogP contribution in [0, 0.1) is 0 Å². The third kappa shape index (κ3) is 5.26. The summed E-state index contributed by atoms with van der Waals surface area (Å²) >= 11 is 3.01. The number of thiophene rings is 2. The first-order chi connectivity index (χ1) is 17.1. The molecule has 3 N–H and O–H groups in total. The lowest BCUT2D eigenvalue weighted by Crippen LogP contribution is -2.11. The van der Waals surface area contributed by atoms with Crippen molar-refractivity contribution in [3.63, 3.8) is 0 Å². The highest BCUT2D eigenvalue weighted by Crippen LogP contribution is 2.32. The Labute approximate surface area is 210 Å². The van der Waals surface area contributed by atoms with E-state index in [1.54, 1.807) is 24.5 Å². The highest BCUT2D eigenvalue weighted by molar-refractivity contribution is 7.17. The van der Waals surface area contributed by atoms with Crippen LogP contribution in [-0.4, -0.2) is 28.0 Å². The van der Waals surface area contributed by atoms with Gasteiger partial charge in [0.25, 0.3) is 5.91 Å². The molecule has 7 nitrogen and oxygen atoms in total. The maximum atomic E-state index is 12.9. The number of nitrogens with one attached hydrogen (secondary N) is 1. The van der Waals surface area contributed by atoms with E-state index in [1.165, 1.54) is 16.9 Å². The van der Waals surface area contributed by atoms with Crippen LogP contribution >= 0.6 is 22.7 Å². The lowest BCUT2D eigenvalue weighted by atomic mass is 10.1. The fraction of sp³-hybridized carbons (Fsp3) is 0.115. The van der Waals surface area contributed by atoms with Crippen LogP contribution in [0.2, 0.25) is 0 Å². The van der Waals surface area contributed by atoms with Crippen LogP contribution in [0.3, 0.4) is 0 Å². The Balaban J connectivity index is 1.24. The summed E-state index contributed by atoms with van der Waals surface area (Å²) in [5, 5.41) is 13.5. The number of nitrogens with zero attached hydrogens (tertiary/aromatic N) is 3. The molecule has 2 aromatic carbocycles. The summed E-state index contributed by atoms with van der Waals surface area (Å²) in [7, 11) is 1.66. The van der Waals surface area contributed by atoms with Crippen LogP contribution in [0.1, 0.15) is 15.2 Å². The molecule has 0 fully saturated rings. The summed E-state index contributed by atoms with van der Waals surface area (Å²) in [5.74, 6) is 0.635. The molecule has 0 spiro atoms. The fourth-order valence-electron chi connectivity index (χ4n) is 3.60. The number of amides is 1. The predicted molar refractivity (Wildman–Crippen MR) is 142 cm³/mol. The van der Waals surface area contributed by atoms with Gasteiger partial charge in [-0.3, -0.25) is 9.48 Å². The highest BCUT2D eigenvalue weighted by atomic mass is 32.1. The summed E-state index contributed by atoms with van der Waals surface area (Å²) in [6.45, 7) is 0.706. The summed E-state index contributed by atoms with van der Waals surface area (Å²) in [4.78, 5) is 15.5. The molecule has 3 heterocycles. The summed E-state index contributed by atoms with van der Waals surface area (Å²) in [5.41, 5.74) is 10.2.